The Balaban J connectivity index is 2.56. The molecule has 1 aromatic rings. The number of hydrogen-bond acceptors (Lipinski definition) is 4. The van der Waals surface area contributed by atoms with Gasteiger partial charge in [-0.15, -0.1) is 0 Å². The Kier molecular flexibility index (Phi) is 7.51. The Morgan fingerprint density at radius 1 is 1.00 bits per heavy atom. The van der Waals surface area contributed by atoms with Gasteiger partial charge in [-0.05, 0) is 37.8 Å². The first-order valence-electron chi connectivity index (χ1n) is 7.49. The molecule has 0 unspecified atom stereocenters. The molecule has 0 aromatic heterocycles. The van der Waals surface area contributed by atoms with Crippen molar-refractivity contribution in [2.45, 2.75) is 40.0 Å². The minimum atomic E-state index is -0.496. The third kappa shape index (κ3) is 5.98. The first kappa shape index (κ1) is 17.2. The van der Waals surface area contributed by atoms with Gasteiger partial charge in [-0.25, -0.2) is 9.59 Å². The summed E-state index contributed by atoms with van der Waals surface area (Å²) in [5.74, 6) is -0.307. The lowest BCUT2D eigenvalue weighted by Crippen LogP contribution is -2.14. The highest BCUT2D eigenvalue weighted by Gasteiger charge is 2.18. The summed E-state index contributed by atoms with van der Waals surface area (Å²) in [6.07, 6.45) is 2.99. The molecule has 0 saturated carbocycles. The van der Waals surface area contributed by atoms with Crippen molar-refractivity contribution in [2.75, 3.05) is 13.2 Å². The zero-order valence-electron chi connectivity index (χ0n) is 13.1. The lowest BCUT2D eigenvalue weighted by Gasteiger charge is -2.09. The number of benzene rings is 1. The molecule has 0 amide bonds. The molecule has 0 bridgehead atoms. The zero-order chi connectivity index (χ0) is 15.7. The predicted molar refractivity (Wildman–Crippen MR) is 81.4 cm³/mol. The first-order chi connectivity index (χ1) is 10.1. The maximum Gasteiger partial charge on any atom is 0.339 e. The molecule has 0 radical (unpaired) electrons. The molecular formula is C17H24O4. The van der Waals surface area contributed by atoms with Crippen molar-refractivity contribution in [3.63, 3.8) is 0 Å². The minimum absolute atomic E-state index is 0.256. The predicted octanol–water partition coefficient (Wildman–Crippen LogP) is 3.85. The van der Waals surface area contributed by atoms with E-state index in [1.54, 1.807) is 31.2 Å². The molecule has 116 valence electrons. The molecule has 0 heterocycles. The van der Waals surface area contributed by atoms with Crippen molar-refractivity contribution < 1.29 is 19.1 Å². The van der Waals surface area contributed by atoms with E-state index in [4.69, 9.17) is 9.47 Å². The van der Waals surface area contributed by atoms with Crippen LogP contribution in [0.4, 0.5) is 0 Å². The molecule has 0 aliphatic carbocycles. The Bertz CT molecular complexity index is 466. The Labute approximate surface area is 126 Å². The first-order valence-corrected chi connectivity index (χ1v) is 7.49. The lowest BCUT2D eigenvalue weighted by molar-refractivity contribution is 0.0462. The molecule has 0 atom stereocenters. The molecule has 21 heavy (non-hydrogen) atoms. The fourth-order valence-corrected chi connectivity index (χ4v) is 1.95. The van der Waals surface area contributed by atoms with E-state index in [0.29, 0.717) is 12.5 Å². The van der Waals surface area contributed by atoms with E-state index in [9.17, 15) is 9.59 Å². The minimum Gasteiger partial charge on any atom is -0.462 e. The van der Waals surface area contributed by atoms with E-state index in [2.05, 4.69) is 13.8 Å². The van der Waals surface area contributed by atoms with Gasteiger partial charge < -0.3 is 9.47 Å². The van der Waals surface area contributed by atoms with Crippen LogP contribution >= 0.6 is 0 Å². The van der Waals surface area contributed by atoms with Crippen LogP contribution in [0.5, 0.6) is 0 Å². The van der Waals surface area contributed by atoms with Crippen LogP contribution in [0.1, 0.15) is 60.7 Å². The maximum atomic E-state index is 12.0. The van der Waals surface area contributed by atoms with Gasteiger partial charge in [0.1, 0.15) is 0 Å². The zero-order valence-corrected chi connectivity index (χ0v) is 13.1. The van der Waals surface area contributed by atoms with Gasteiger partial charge in [0, 0.05) is 0 Å². The van der Waals surface area contributed by atoms with Crippen molar-refractivity contribution in [1.82, 2.24) is 0 Å². The summed E-state index contributed by atoms with van der Waals surface area (Å²) < 4.78 is 10.2. The fraction of sp³-hybridized carbons (Fsp3) is 0.529. The number of hydrogen-bond donors (Lipinski definition) is 0. The van der Waals surface area contributed by atoms with Crippen LogP contribution in [0.3, 0.4) is 0 Å². The van der Waals surface area contributed by atoms with Crippen LogP contribution in [0.15, 0.2) is 24.3 Å². The molecule has 1 rings (SSSR count). The fourth-order valence-electron chi connectivity index (χ4n) is 1.95. The summed E-state index contributed by atoms with van der Waals surface area (Å²) in [4.78, 5) is 23.8. The van der Waals surface area contributed by atoms with E-state index < -0.39 is 11.9 Å². The largest absolute Gasteiger partial charge is 0.462 e. The van der Waals surface area contributed by atoms with Gasteiger partial charge >= 0.3 is 11.9 Å². The van der Waals surface area contributed by atoms with Crippen molar-refractivity contribution >= 4 is 11.9 Å². The smallest absolute Gasteiger partial charge is 0.339 e. The highest BCUT2D eigenvalue weighted by Crippen LogP contribution is 2.13. The van der Waals surface area contributed by atoms with Crippen LogP contribution in [0.25, 0.3) is 0 Å². The number of carbonyl (C=O) groups is 2. The molecule has 0 aliphatic heterocycles. The summed E-state index contributed by atoms with van der Waals surface area (Å²) in [6, 6.07) is 6.57. The number of unbranched alkanes of at least 4 members (excludes halogenated alkanes) is 1. The van der Waals surface area contributed by atoms with Crippen LogP contribution in [0.2, 0.25) is 0 Å². The molecule has 0 aliphatic rings. The van der Waals surface area contributed by atoms with Crippen LogP contribution in [-0.4, -0.2) is 25.2 Å². The highest BCUT2D eigenvalue weighted by molar-refractivity contribution is 6.03. The average Bonchev–Trinajstić information content (AvgIpc) is 2.46. The molecule has 0 N–H and O–H groups in total. The second-order valence-electron chi connectivity index (χ2n) is 5.29. The summed E-state index contributed by atoms with van der Waals surface area (Å²) >= 11 is 0. The lowest BCUT2D eigenvalue weighted by atomic mass is 10.1. The SMILES string of the molecule is CCOC(=O)c1ccccc1C(=O)OCCCCC(C)C. The van der Waals surface area contributed by atoms with Crippen LogP contribution in [-0.2, 0) is 9.47 Å². The number of ether oxygens (including phenoxy) is 2. The summed E-state index contributed by atoms with van der Waals surface area (Å²) in [6.45, 7) is 6.72. The van der Waals surface area contributed by atoms with Gasteiger partial charge in [-0.3, -0.25) is 0 Å². The van der Waals surface area contributed by atoms with E-state index in [0.717, 1.165) is 19.3 Å². The molecule has 0 saturated heterocycles. The third-order valence-electron chi connectivity index (χ3n) is 3.05. The molecular weight excluding hydrogens is 268 g/mol. The van der Waals surface area contributed by atoms with Gasteiger partial charge in [0.15, 0.2) is 0 Å². The molecule has 1 aromatic carbocycles. The summed E-state index contributed by atoms with van der Waals surface area (Å²) in [5.41, 5.74) is 0.520. The summed E-state index contributed by atoms with van der Waals surface area (Å²) in [5, 5.41) is 0. The molecule has 0 fully saturated rings. The molecule has 4 heteroatoms. The van der Waals surface area contributed by atoms with Crippen molar-refractivity contribution in [2.24, 2.45) is 5.92 Å². The Hall–Kier alpha value is -1.84. The Morgan fingerprint density at radius 2 is 1.57 bits per heavy atom. The highest BCUT2D eigenvalue weighted by atomic mass is 16.5. The van der Waals surface area contributed by atoms with E-state index in [-0.39, 0.29) is 17.7 Å². The van der Waals surface area contributed by atoms with Gasteiger partial charge in [-0.1, -0.05) is 32.4 Å². The third-order valence-corrected chi connectivity index (χ3v) is 3.05. The van der Waals surface area contributed by atoms with Crippen molar-refractivity contribution in [3.8, 4) is 0 Å². The van der Waals surface area contributed by atoms with Crippen molar-refractivity contribution in [1.29, 1.82) is 0 Å². The van der Waals surface area contributed by atoms with Crippen LogP contribution in [0, 0.1) is 5.92 Å². The van der Waals surface area contributed by atoms with E-state index in [1.165, 1.54) is 0 Å². The average molecular weight is 292 g/mol. The molecule has 4 nitrogen and oxygen atoms in total. The Morgan fingerprint density at radius 3 is 2.10 bits per heavy atom. The topological polar surface area (TPSA) is 52.6 Å². The van der Waals surface area contributed by atoms with Gasteiger partial charge in [0.05, 0.1) is 24.3 Å². The number of carbonyl (C=O) groups excluding carboxylic acids is 2. The maximum absolute atomic E-state index is 12.0. The normalized spacial score (nSPS) is 10.5. The second kappa shape index (κ2) is 9.16. The van der Waals surface area contributed by atoms with Crippen LogP contribution < -0.4 is 0 Å². The number of esters is 2. The quantitative estimate of drug-likeness (QED) is 0.539. The molecule has 0 spiro atoms. The van der Waals surface area contributed by atoms with E-state index >= 15 is 0 Å². The monoisotopic (exact) mass is 292 g/mol. The van der Waals surface area contributed by atoms with E-state index in [1.807, 2.05) is 0 Å². The van der Waals surface area contributed by atoms with Gasteiger partial charge in [0.25, 0.3) is 0 Å². The summed E-state index contributed by atoms with van der Waals surface area (Å²) in [7, 11) is 0. The van der Waals surface area contributed by atoms with Gasteiger partial charge in [0.2, 0.25) is 0 Å². The number of rotatable bonds is 8. The van der Waals surface area contributed by atoms with Crippen molar-refractivity contribution in [3.05, 3.63) is 35.4 Å². The van der Waals surface area contributed by atoms with Gasteiger partial charge in [-0.2, -0.15) is 0 Å². The second-order valence-corrected chi connectivity index (χ2v) is 5.29. The standard InChI is InChI=1S/C17H24O4/c1-4-20-16(18)14-10-5-6-11-15(14)17(19)21-12-8-7-9-13(2)3/h5-6,10-11,13H,4,7-9,12H2,1-3H3.